The van der Waals surface area contributed by atoms with Crippen LogP contribution in [-0.2, 0) is 6.42 Å². The Balaban J connectivity index is 1.84. The number of aryl methyl sites for hydroxylation is 2. The molecule has 1 aliphatic rings. The SMILES string of the molecule is CCNc1nc(C)cc(OC2CCCc3ccccc32)n1. The molecule has 3 rings (SSSR count). The predicted molar refractivity (Wildman–Crippen MR) is 83.7 cm³/mol. The first-order valence-corrected chi connectivity index (χ1v) is 7.60. The zero-order valence-corrected chi connectivity index (χ0v) is 12.6. The average molecular weight is 283 g/mol. The van der Waals surface area contributed by atoms with Crippen molar-refractivity contribution in [1.82, 2.24) is 9.97 Å². The third-order valence-corrected chi connectivity index (χ3v) is 3.74. The van der Waals surface area contributed by atoms with Gasteiger partial charge in [0.05, 0.1) is 0 Å². The van der Waals surface area contributed by atoms with Crippen LogP contribution in [0.1, 0.15) is 42.7 Å². The zero-order valence-electron chi connectivity index (χ0n) is 12.6. The summed E-state index contributed by atoms with van der Waals surface area (Å²) in [4.78, 5) is 8.80. The van der Waals surface area contributed by atoms with Crippen LogP contribution in [0.3, 0.4) is 0 Å². The van der Waals surface area contributed by atoms with Crippen LogP contribution in [-0.4, -0.2) is 16.5 Å². The van der Waals surface area contributed by atoms with Crippen LogP contribution >= 0.6 is 0 Å². The van der Waals surface area contributed by atoms with E-state index in [1.165, 1.54) is 11.1 Å². The Labute approximate surface area is 125 Å². The standard InChI is InChI=1S/C17H21N3O/c1-3-18-17-19-12(2)11-16(20-17)21-15-10-6-8-13-7-4-5-9-14(13)15/h4-5,7,9,11,15H,3,6,8,10H2,1-2H3,(H,18,19,20). The number of ether oxygens (including phenoxy) is 1. The first-order valence-electron chi connectivity index (χ1n) is 7.60. The molecule has 1 aliphatic carbocycles. The molecule has 1 atom stereocenters. The topological polar surface area (TPSA) is 47.0 Å². The lowest BCUT2D eigenvalue weighted by atomic mass is 9.89. The van der Waals surface area contributed by atoms with Gasteiger partial charge in [0.15, 0.2) is 0 Å². The number of benzene rings is 1. The summed E-state index contributed by atoms with van der Waals surface area (Å²) < 4.78 is 6.16. The van der Waals surface area contributed by atoms with Gasteiger partial charge >= 0.3 is 0 Å². The van der Waals surface area contributed by atoms with Gasteiger partial charge in [-0.3, -0.25) is 0 Å². The van der Waals surface area contributed by atoms with Crippen LogP contribution < -0.4 is 10.1 Å². The van der Waals surface area contributed by atoms with E-state index in [1.54, 1.807) is 0 Å². The van der Waals surface area contributed by atoms with E-state index in [4.69, 9.17) is 4.74 Å². The van der Waals surface area contributed by atoms with Gasteiger partial charge in [0.1, 0.15) is 6.10 Å². The fourth-order valence-electron chi connectivity index (χ4n) is 2.81. The quantitative estimate of drug-likeness (QED) is 0.930. The normalized spacial score (nSPS) is 17.1. The molecule has 0 fully saturated rings. The molecule has 1 aromatic heterocycles. The smallest absolute Gasteiger partial charge is 0.226 e. The molecule has 1 N–H and O–H groups in total. The van der Waals surface area contributed by atoms with Gasteiger partial charge in [-0.1, -0.05) is 24.3 Å². The van der Waals surface area contributed by atoms with Crippen molar-refractivity contribution in [3.63, 3.8) is 0 Å². The molecular formula is C17H21N3O. The van der Waals surface area contributed by atoms with Crippen molar-refractivity contribution in [2.24, 2.45) is 0 Å². The molecule has 110 valence electrons. The van der Waals surface area contributed by atoms with Gasteiger partial charge in [-0.25, -0.2) is 4.98 Å². The van der Waals surface area contributed by atoms with Crippen molar-refractivity contribution < 1.29 is 4.74 Å². The molecular weight excluding hydrogens is 262 g/mol. The van der Waals surface area contributed by atoms with E-state index in [0.29, 0.717) is 11.8 Å². The number of aromatic nitrogens is 2. The highest BCUT2D eigenvalue weighted by atomic mass is 16.5. The molecule has 2 aromatic rings. The molecule has 4 heteroatoms. The van der Waals surface area contributed by atoms with Crippen LogP contribution in [0.2, 0.25) is 0 Å². The van der Waals surface area contributed by atoms with Gasteiger partial charge in [-0.2, -0.15) is 4.98 Å². The van der Waals surface area contributed by atoms with Crippen LogP contribution in [0.15, 0.2) is 30.3 Å². The number of nitrogens with zero attached hydrogens (tertiary/aromatic N) is 2. The minimum Gasteiger partial charge on any atom is -0.469 e. The molecule has 21 heavy (non-hydrogen) atoms. The van der Waals surface area contributed by atoms with E-state index in [0.717, 1.165) is 31.5 Å². The molecule has 0 spiro atoms. The highest BCUT2D eigenvalue weighted by Crippen LogP contribution is 2.33. The number of anilines is 1. The van der Waals surface area contributed by atoms with E-state index in [1.807, 2.05) is 19.9 Å². The molecule has 0 saturated carbocycles. The summed E-state index contributed by atoms with van der Waals surface area (Å²) in [6, 6.07) is 10.4. The highest BCUT2D eigenvalue weighted by Gasteiger charge is 2.22. The highest BCUT2D eigenvalue weighted by molar-refractivity contribution is 5.34. The molecule has 1 aromatic carbocycles. The Morgan fingerprint density at radius 3 is 3.00 bits per heavy atom. The largest absolute Gasteiger partial charge is 0.469 e. The first kappa shape index (κ1) is 13.9. The number of rotatable bonds is 4. The summed E-state index contributed by atoms with van der Waals surface area (Å²) in [6.07, 6.45) is 3.43. The second kappa shape index (κ2) is 6.12. The number of nitrogens with one attached hydrogen (secondary N) is 1. The van der Waals surface area contributed by atoms with E-state index in [-0.39, 0.29) is 6.10 Å². The molecule has 4 nitrogen and oxygen atoms in total. The van der Waals surface area contributed by atoms with Gasteiger partial charge in [0.2, 0.25) is 11.8 Å². The van der Waals surface area contributed by atoms with Gasteiger partial charge in [0.25, 0.3) is 0 Å². The first-order chi connectivity index (χ1) is 10.3. The minimum atomic E-state index is 0.0960. The summed E-state index contributed by atoms with van der Waals surface area (Å²) >= 11 is 0. The third kappa shape index (κ3) is 3.15. The predicted octanol–water partition coefficient (Wildman–Crippen LogP) is 3.67. The Hall–Kier alpha value is -2.10. The Morgan fingerprint density at radius 1 is 1.29 bits per heavy atom. The summed E-state index contributed by atoms with van der Waals surface area (Å²) in [5.41, 5.74) is 3.61. The Morgan fingerprint density at radius 2 is 2.14 bits per heavy atom. The maximum Gasteiger partial charge on any atom is 0.226 e. The van der Waals surface area contributed by atoms with Crippen molar-refractivity contribution in [3.05, 3.63) is 47.2 Å². The maximum atomic E-state index is 6.16. The van der Waals surface area contributed by atoms with Crippen LogP contribution in [0, 0.1) is 6.92 Å². The zero-order chi connectivity index (χ0) is 14.7. The van der Waals surface area contributed by atoms with Crippen molar-refractivity contribution in [2.45, 2.75) is 39.2 Å². The summed E-state index contributed by atoms with van der Waals surface area (Å²) in [7, 11) is 0. The number of fused-ring (bicyclic) bond motifs is 1. The fraction of sp³-hybridized carbons (Fsp3) is 0.412. The summed E-state index contributed by atoms with van der Waals surface area (Å²) in [5, 5.41) is 3.14. The van der Waals surface area contributed by atoms with E-state index < -0.39 is 0 Å². The molecule has 0 radical (unpaired) electrons. The maximum absolute atomic E-state index is 6.16. The van der Waals surface area contributed by atoms with Gasteiger partial charge in [0, 0.05) is 18.3 Å². The molecule has 0 saturated heterocycles. The van der Waals surface area contributed by atoms with Crippen molar-refractivity contribution in [2.75, 3.05) is 11.9 Å². The van der Waals surface area contributed by atoms with Crippen molar-refractivity contribution in [3.8, 4) is 5.88 Å². The summed E-state index contributed by atoms with van der Waals surface area (Å²) in [5.74, 6) is 1.29. The second-order valence-corrected chi connectivity index (χ2v) is 5.40. The van der Waals surface area contributed by atoms with Crippen LogP contribution in [0.5, 0.6) is 5.88 Å². The van der Waals surface area contributed by atoms with E-state index in [9.17, 15) is 0 Å². The lowest BCUT2D eigenvalue weighted by Crippen LogP contribution is -2.16. The molecule has 1 unspecified atom stereocenters. The van der Waals surface area contributed by atoms with Crippen LogP contribution in [0.25, 0.3) is 0 Å². The third-order valence-electron chi connectivity index (χ3n) is 3.74. The minimum absolute atomic E-state index is 0.0960. The Kier molecular flexibility index (Phi) is 4.04. The lowest BCUT2D eigenvalue weighted by molar-refractivity contribution is 0.175. The molecule has 1 heterocycles. The molecule has 0 aliphatic heterocycles. The van der Waals surface area contributed by atoms with E-state index in [2.05, 4.69) is 39.6 Å². The molecule has 0 bridgehead atoms. The van der Waals surface area contributed by atoms with E-state index >= 15 is 0 Å². The lowest BCUT2D eigenvalue weighted by Gasteiger charge is -2.26. The Bertz CT molecular complexity index is 627. The summed E-state index contributed by atoms with van der Waals surface area (Å²) in [6.45, 7) is 4.79. The van der Waals surface area contributed by atoms with Gasteiger partial charge in [-0.05, 0) is 44.2 Å². The number of hydrogen-bond acceptors (Lipinski definition) is 4. The van der Waals surface area contributed by atoms with Crippen molar-refractivity contribution >= 4 is 5.95 Å². The van der Waals surface area contributed by atoms with Crippen molar-refractivity contribution in [1.29, 1.82) is 0 Å². The van der Waals surface area contributed by atoms with Gasteiger partial charge in [-0.15, -0.1) is 0 Å². The molecule has 0 amide bonds. The number of hydrogen-bond donors (Lipinski definition) is 1. The monoisotopic (exact) mass is 283 g/mol. The average Bonchev–Trinajstić information content (AvgIpc) is 2.47. The van der Waals surface area contributed by atoms with Crippen LogP contribution in [0.4, 0.5) is 5.95 Å². The van der Waals surface area contributed by atoms with Gasteiger partial charge < -0.3 is 10.1 Å². The second-order valence-electron chi connectivity index (χ2n) is 5.40. The fourth-order valence-corrected chi connectivity index (χ4v) is 2.81.